The molecule has 1 aliphatic carbocycles. The Kier molecular flexibility index (Phi) is 3.88. The number of nitrogens with two attached hydrogens (primary N) is 1. The fourth-order valence-corrected chi connectivity index (χ4v) is 5.42. The van der Waals surface area contributed by atoms with Crippen molar-refractivity contribution in [3.05, 3.63) is 51.5 Å². The average molecular weight is 350 g/mol. The monoisotopic (exact) mass is 350 g/mol. The van der Waals surface area contributed by atoms with Crippen LogP contribution in [0, 0.1) is 19.8 Å². The summed E-state index contributed by atoms with van der Waals surface area (Å²) in [6.07, 6.45) is 3.35. The molecule has 0 unspecified atom stereocenters. The largest absolute Gasteiger partial charge is 0.366 e. The molecule has 2 heterocycles. The van der Waals surface area contributed by atoms with Gasteiger partial charge in [0.1, 0.15) is 4.83 Å². The lowest BCUT2D eigenvalue weighted by molar-refractivity contribution is 0.1000. The van der Waals surface area contributed by atoms with Gasteiger partial charge < -0.3 is 5.73 Å². The van der Waals surface area contributed by atoms with E-state index in [-0.39, 0.29) is 0 Å². The van der Waals surface area contributed by atoms with E-state index in [0.29, 0.717) is 11.5 Å². The van der Waals surface area contributed by atoms with Crippen molar-refractivity contribution < 1.29 is 4.79 Å². The van der Waals surface area contributed by atoms with Gasteiger partial charge in [-0.15, -0.1) is 11.3 Å². The Morgan fingerprint density at radius 1 is 1.32 bits per heavy atom. The van der Waals surface area contributed by atoms with E-state index in [4.69, 9.17) is 10.7 Å². The quantitative estimate of drug-likeness (QED) is 0.721. The van der Waals surface area contributed by atoms with Gasteiger partial charge in [-0.1, -0.05) is 36.8 Å². The van der Waals surface area contributed by atoms with Gasteiger partial charge in [-0.2, -0.15) is 0 Å². The Hall–Kier alpha value is -2.20. The van der Waals surface area contributed by atoms with E-state index in [0.717, 1.165) is 39.9 Å². The van der Waals surface area contributed by atoms with Gasteiger partial charge in [-0.3, -0.25) is 4.79 Å². The minimum Gasteiger partial charge on any atom is -0.366 e. The predicted octanol–water partition coefficient (Wildman–Crippen LogP) is 4.80. The van der Waals surface area contributed by atoms with E-state index in [1.54, 1.807) is 11.3 Å². The van der Waals surface area contributed by atoms with Crippen LogP contribution in [0.15, 0.2) is 24.3 Å². The second kappa shape index (κ2) is 5.95. The van der Waals surface area contributed by atoms with Gasteiger partial charge in [0.15, 0.2) is 0 Å². The zero-order valence-corrected chi connectivity index (χ0v) is 15.7. The zero-order chi connectivity index (χ0) is 17.7. The van der Waals surface area contributed by atoms with Gasteiger partial charge in [-0.05, 0) is 50.2 Å². The molecule has 1 amide bonds. The Balaban J connectivity index is 2.13. The normalized spacial score (nSPS) is 16.8. The summed E-state index contributed by atoms with van der Waals surface area (Å²) in [6.45, 7) is 6.27. The van der Waals surface area contributed by atoms with Crippen LogP contribution in [0.2, 0.25) is 0 Å². The van der Waals surface area contributed by atoms with Gasteiger partial charge in [0.05, 0.1) is 11.3 Å². The molecule has 1 aliphatic rings. The first-order chi connectivity index (χ1) is 12.0. The number of aromatic nitrogens is 1. The summed E-state index contributed by atoms with van der Waals surface area (Å²) in [6, 6.07) is 8.32. The van der Waals surface area contributed by atoms with E-state index in [9.17, 15) is 4.79 Å². The van der Waals surface area contributed by atoms with Crippen molar-refractivity contribution in [2.24, 2.45) is 11.7 Å². The number of fused-ring (bicyclic) bond motifs is 3. The van der Waals surface area contributed by atoms with Crippen LogP contribution >= 0.6 is 11.3 Å². The van der Waals surface area contributed by atoms with Crippen LogP contribution in [0.4, 0.5) is 0 Å². The molecule has 128 valence electrons. The molecular formula is C21H22N2OS. The second-order valence-corrected chi connectivity index (χ2v) is 8.30. The number of thiophene rings is 1. The predicted molar refractivity (Wildman–Crippen MR) is 104 cm³/mol. The maximum Gasteiger partial charge on any atom is 0.251 e. The second-order valence-electron chi connectivity index (χ2n) is 7.21. The number of pyridine rings is 1. The standard InChI is InChI=1S/C21H22N2OS/c1-11-5-4-6-14(9-11)18-17(20(22)24)13(3)23-21-19(18)15-8-7-12(2)10-16(15)25-21/h4-6,9,12H,7-8,10H2,1-3H3,(H2,22,24)/t12-/m0/s1. The summed E-state index contributed by atoms with van der Waals surface area (Å²) in [5.74, 6) is 0.312. The molecule has 4 heteroatoms. The molecule has 0 saturated carbocycles. The topological polar surface area (TPSA) is 56.0 Å². The van der Waals surface area contributed by atoms with Crippen LogP contribution in [0.25, 0.3) is 21.3 Å². The lowest BCUT2D eigenvalue weighted by atomic mass is 9.86. The van der Waals surface area contributed by atoms with Crippen molar-refractivity contribution in [2.45, 2.75) is 40.0 Å². The molecule has 0 bridgehead atoms. The van der Waals surface area contributed by atoms with E-state index in [1.165, 1.54) is 22.4 Å². The van der Waals surface area contributed by atoms with Crippen molar-refractivity contribution in [3.63, 3.8) is 0 Å². The van der Waals surface area contributed by atoms with Crippen molar-refractivity contribution in [1.82, 2.24) is 4.98 Å². The molecule has 3 nitrogen and oxygen atoms in total. The van der Waals surface area contributed by atoms with Crippen LogP contribution < -0.4 is 5.73 Å². The van der Waals surface area contributed by atoms with Crippen molar-refractivity contribution in [1.29, 1.82) is 0 Å². The van der Waals surface area contributed by atoms with Crippen LogP contribution in [-0.4, -0.2) is 10.9 Å². The highest BCUT2D eigenvalue weighted by Gasteiger charge is 2.27. The van der Waals surface area contributed by atoms with Crippen molar-refractivity contribution >= 4 is 27.5 Å². The molecule has 0 saturated heterocycles. The summed E-state index contributed by atoms with van der Waals surface area (Å²) in [4.78, 5) is 19.5. The molecule has 0 fully saturated rings. The number of amides is 1. The van der Waals surface area contributed by atoms with Gasteiger partial charge in [0, 0.05) is 15.8 Å². The molecule has 2 aromatic heterocycles. The molecule has 4 rings (SSSR count). The van der Waals surface area contributed by atoms with Crippen LogP contribution in [-0.2, 0) is 12.8 Å². The Morgan fingerprint density at radius 2 is 2.12 bits per heavy atom. The smallest absolute Gasteiger partial charge is 0.251 e. The summed E-state index contributed by atoms with van der Waals surface area (Å²) >= 11 is 1.79. The minimum atomic E-state index is -0.396. The number of hydrogen-bond donors (Lipinski definition) is 1. The van der Waals surface area contributed by atoms with Crippen molar-refractivity contribution in [2.75, 3.05) is 0 Å². The number of hydrogen-bond acceptors (Lipinski definition) is 3. The lowest BCUT2D eigenvalue weighted by Crippen LogP contribution is -2.16. The number of carbonyl (C=O) groups excluding carboxylic acids is 1. The Morgan fingerprint density at radius 3 is 2.84 bits per heavy atom. The van der Waals surface area contributed by atoms with E-state index >= 15 is 0 Å². The molecule has 0 aliphatic heterocycles. The molecule has 0 spiro atoms. The number of carbonyl (C=O) groups is 1. The highest BCUT2D eigenvalue weighted by molar-refractivity contribution is 7.19. The first-order valence-electron chi connectivity index (χ1n) is 8.77. The van der Waals surface area contributed by atoms with Gasteiger partial charge in [0.25, 0.3) is 5.91 Å². The minimum absolute atomic E-state index is 0.396. The Labute approximate surface area is 151 Å². The molecule has 2 N–H and O–H groups in total. The average Bonchev–Trinajstić information content (AvgIpc) is 2.89. The number of benzene rings is 1. The summed E-state index contributed by atoms with van der Waals surface area (Å²) < 4.78 is 0. The number of rotatable bonds is 2. The molecular weight excluding hydrogens is 328 g/mol. The third-order valence-corrected chi connectivity index (χ3v) is 6.33. The van der Waals surface area contributed by atoms with Gasteiger partial charge >= 0.3 is 0 Å². The summed E-state index contributed by atoms with van der Waals surface area (Å²) in [7, 11) is 0. The van der Waals surface area contributed by atoms with E-state index in [1.807, 2.05) is 13.0 Å². The van der Waals surface area contributed by atoms with Crippen LogP contribution in [0.1, 0.15) is 45.4 Å². The van der Waals surface area contributed by atoms with E-state index in [2.05, 4.69) is 32.0 Å². The summed E-state index contributed by atoms with van der Waals surface area (Å²) in [5.41, 5.74) is 11.7. The number of primary amides is 1. The molecule has 1 aromatic carbocycles. The molecule has 0 radical (unpaired) electrons. The van der Waals surface area contributed by atoms with E-state index < -0.39 is 5.91 Å². The molecule has 3 aromatic rings. The van der Waals surface area contributed by atoms with Gasteiger partial charge in [-0.25, -0.2) is 4.98 Å². The first-order valence-corrected chi connectivity index (χ1v) is 9.59. The Bertz CT molecular complexity index is 1000. The van der Waals surface area contributed by atoms with Crippen LogP contribution in [0.3, 0.4) is 0 Å². The fourth-order valence-electron chi connectivity index (χ4n) is 3.98. The number of aryl methyl sites for hydroxylation is 3. The highest BCUT2D eigenvalue weighted by atomic mass is 32.1. The maximum absolute atomic E-state index is 12.3. The van der Waals surface area contributed by atoms with Crippen molar-refractivity contribution in [3.8, 4) is 11.1 Å². The summed E-state index contributed by atoms with van der Waals surface area (Å²) in [5, 5.41) is 1.15. The zero-order valence-electron chi connectivity index (χ0n) is 14.8. The third-order valence-electron chi connectivity index (χ3n) is 5.18. The molecule has 25 heavy (non-hydrogen) atoms. The SMILES string of the molecule is Cc1cccc(-c2c(C(N)=O)c(C)nc3sc4c(c23)CC[C@H](C)C4)c1. The third kappa shape index (κ3) is 2.65. The first kappa shape index (κ1) is 16.3. The highest BCUT2D eigenvalue weighted by Crippen LogP contribution is 2.43. The van der Waals surface area contributed by atoms with Gasteiger partial charge in [0.2, 0.25) is 0 Å². The maximum atomic E-state index is 12.3. The van der Waals surface area contributed by atoms with Crippen LogP contribution in [0.5, 0.6) is 0 Å². The number of nitrogens with zero attached hydrogens (tertiary/aromatic N) is 1. The fraction of sp³-hybridized carbons (Fsp3) is 0.333. The lowest BCUT2D eigenvalue weighted by Gasteiger charge is -2.19. The molecule has 1 atom stereocenters.